The molecule has 0 aromatic carbocycles. The van der Waals surface area contributed by atoms with Gasteiger partial charge in [0.05, 0.1) is 4.47 Å². The molecular formula is C7H4BrClF3NO3S. The van der Waals surface area contributed by atoms with E-state index < -0.39 is 26.2 Å². The molecule has 1 rings (SSSR count). The van der Waals surface area contributed by atoms with E-state index in [1.54, 1.807) is 0 Å². The number of alkyl halides is 3. The highest BCUT2D eigenvalue weighted by atomic mass is 79.9. The van der Waals surface area contributed by atoms with Crippen molar-refractivity contribution >= 4 is 35.7 Å². The Balaban J connectivity index is 3.47. The van der Waals surface area contributed by atoms with E-state index in [9.17, 15) is 21.6 Å². The van der Waals surface area contributed by atoms with Crippen molar-refractivity contribution in [3.8, 4) is 5.75 Å². The van der Waals surface area contributed by atoms with Crippen LogP contribution in [-0.4, -0.2) is 19.8 Å². The summed E-state index contributed by atoms with van der Waals surface area (Å²) < 4.78 is 61.8. The van der Waals surface area contributed by atoms with E-state index in [4.69, 9.17) is 10.7 Å². The first-order chi connectivity index (χ1) is 7.50. The van der Waals surface area contributed by atoms with Crippen molar-refractivity contribution in [1.82, 2.24) is 4.98 Å². The lowest BCUT2D eigenvalue weighted by Crippen LogP contribution is -2.19. The zero-order valence-electron chi connectivity index (χ0n) is 8.05. The summed E-state index contributed by atoms with van der Waals surface area (Å²) in [5, 5.41) is -0.983. The van der Waals surface area contributed by atoms with Gasteiger partial charge < -0.3 is 4.74 Å². The summed E-state index contributed by atoms with van der Waals surface area (Å²) in [4.78, 5) is 3.41. The fourth-order valence-corrected chi connectivity index (χ4v) is 2.64. The number of hydrogen-bond acceptors (Lipinski definition) is 4. The molecule has 0 fully saturated rings. The van der Waals surface area contributed by atoms with E-state index in [1.807, 2.05) is 0 Å². The van der Waals surface area contributed by atoms with Gasteiger partial charge >= 0.3 is 6.36 Å². The summed E-state index contributed by atoms with van der Waals surface area (Å²) >= 11 is 2.75. The minimum atomic E-state index is -5.05. The van der Waals surface area contributed by atoms with Crippen molar-refractivity contribution in [2.24, 2.45) is 0 Å². The third-order valence-corrected chi connectivity index (χ3v) is 3.24. The zero-order valence-corrected chi connectivity index (χ0v) is 11.2. The Morgan fingerprint density at radius 2 is 2.00 bits per heavy atom. The predicted octanol–water partition coefficient (Wildman–Crippen LogP) is 2.98. The lowest BCUT2D eigenvalue weighted by atomic mass is 10.4. The summed E-state index contributed by atoms with van der Waals surface area (Å²) in [5.74, 6) is -0.988. The Morgan fingerprint density at radius 1 is 1.47 bits per heavy atom. The first-order valence-electron chi connectivity index (χ1n) is 3.88. The maximum Gasteiger partial charge on any atom is 0.573 e. The highest BCUT2D eigenvalue weighted by Gasteiger charge is 2.35. The maximum absolute atomic E-state index is 12.1. The minimum Gasteiger partial charge on any atom is -0.401 e. The van der Waals surface area contributed by atoms with Crippen LogP contribution in [0.5, 0.6) is 5.75 Å². The maximum atomic E-state index is 12.1. The first kappa shape index (κ1) is 14.5. The average Bonchev–Trinajstić information content (AvgIpc) is 2.05. The monoisotopic (exact) mass is 353 g/mol. The first-order valence-corrected chi connectivity index (χ1v) is 6.98. The summed E-state index contributed by atoms with van der Waals surface area (Å²) in [7, 11) is 0.533. The number of nitrogens with zero attached hydrogens (tertiary/aromatic N) is 1. The molecule has 0 spiro atoms. The Hall–Kier alpha value is -0.540. The molecule has 1 aromatic rings. The summed E-state index contributed by atoms with van der Waals surface area (Å²) in [6, 6.07) is 1.17. The second kappa shape index (κ2) is 4.62. The van der Waals surface area contributed by atoms with Gasteiger partial charge in [-0.2, -0.15) is 0 Å². The predicted molar refractivity (Wildman–Crippen MR) is 56.4 cm³/mol. The van der Waals surface area contributed by atoms with E-state index in [2.05, 4.69) is 25.7 Å². The summed E-state index contributed by atoms with van der Waals surface area (Å²) in [6.07, 6.45) is -5.05. The highest BCUT2D eigenvalue weighted by Crippen LogP contribution is 2.36. The molecule has 0 aliphatic carbocycles. The van der Waals surface area contributed by atoms with Crippen LogP contribution < -0.4 is 4.74 Å². The van der Waals surface area contributed by atoms with Gasteiger partial charge in [-0.1, -0.05) is 0 Å². The van der Waals surface area contributed by atoms with Crippen LogP contribution >= 0.6 is 26.6 Å². The largest absolute Gasteiger partial charge is 0.573 e. The van der Waals surface area contributed by atoms with Crippen LogP contribution in [0.3, 0.4) is 0 Å². The molecule has 10 heteroatoms. The number of hydrogen-bond donors (Lipinski definition) is 0. The lowest BCUT2D eigenvalue weighted by Gasteiger charge is -2.13. The molecule has 0 bridgehead atoms. The van der Waals surface area contributed by atoms with Gasteiger partial charge in [-0.05, 0) is 28.9 Å². The summed E-state index contributed by atoms with van der Waals surface area (Å²) in [6.45, 7) is 1.40. The second-order valence-corrected chi connectivity index (χ2v) is 6.20. The molecule has 0 unspecified atom stereocenters. The molecule has 0 aliphatic rings. The molecule has 0 aliphatic heterocycles. The molecule has 4 nitrogen and oxygen atoms in total. The molecule has 1 aromatic heterocycles. The summed E-state index contributed by atoms with van der Waals surface area (Å²) in [5.41, 5.74) is 0.172. The zero-order chi connectivity index (χ0) is 13.4. The Kier molecular flexibility index (Phi) is 3.94. The molecule has 0 N–H and O–H groups in total. The smallest absolute Gasteiger partial charge is 0.401 e. The van der Waals surface area contributed by atoms with Crippen LogP contribution in [-0.2, 0) is 9.05 Å². The molecular weight excluding hydrogens is 350 g/mol. The van der Waals surface area contributed by atoms with E-state index in [0.717, 1.165) is 0 Å². The van der Waals surface area contributed by atoms with Gasteiger partial charge in [0.1, 0.15) is 0 Å². The SMILES string of the molecule is Cc1cc(Br)c(OC(F)(F)F)c(S(=O)(=O)Cl)n1. The molecule has 0 amide bonds. The van der Waals surface area contributed by atoms with E-state index in [1.165, 1.54) is 13.0 Å². The fourth-order valence-electron chi connectivity index (χ4n) is 0.968. The van der Waals surface area contributed by atoms with Gasteiger partial charge in [0.2, 0.25) is 5.03 Å². The van der Waals surface area contributed by atoms with E-state index in [0.29, 0.717) is 0 Å². The Labute approximate surface area is 107 Å². The highest BCUT2D eigenvalue weighted by molar-refractivity contribution is 9.10. The van der Waals surface area contributed by atoms with Crippen LogP contribution in [0.15, 0.2) is 15.6 Å². The van der Waals surface area contributed by atoms with Crippen molar-refractivity contribution in [1.29, 1.82) is 0 Å². The topological polar surface area (TPSA) is 56.3 Å². The second-order valence-electron chi connectivity index (χ2n) is 2.87. The average molecular weight is 355 g/mol. The number of ether oxygens (including phenoxy) is 1. The number of halogens is 5. The molecule has 17 heavy (non-hydrogen) atoms. The van der Waals surface area contributed by atoms with Gasteiger partial charge in [-0.3, -0.25) is 0 Å². The van der Waals surface area contributed by atoms with Crippen molar-refractivity contribution in [3.05, 3.63) is 16.2 Å². The Morgan fingerprint density at radius 3 is 2.41 bits per heavy atom. The minimum absolute atomic E-state index is 0.172. The number of rotatable bonds is 2. The van der Waals surface area contributed by atoms with Crippen LogP contribution in [0.2, 0.25) is 0 Å². The quantitative estimate of drug-likeness (QED) is 0.766. The van der Waals surface area contributed by atoms with Gasteiger partial charge in [-0.25, -0.2) is 13.4 Å². The van der Waals surface area contributed by atoms with Crippen LogP contribution in [0, 0.1) is 6.92 Å². The van der Waals surface area contributed by atoms with Crippen molar-refractivity contribution < 1.29 is 26.3 Å². The standard InChI is InChI=1S/C7H4BrClF3NO3S/c1-3-2-4(8)5(16-7(10,11)12)6(13-3)17(9,14)15/h2H,1H3. The van der Waals surface area contributed by atoms with Crippen LogP contribution in [0.1, 0.15) is 5.69 Å². The molecule has 0 atom stereocenters. The van der Waals surface area contributed by atoms with Gasteiger partial charge in [0.25, 0.3) is 9.05 Å². The Bertz CT molecular complexity index is 546. The van der Waals surface area contributed by atoms with Crippen LogP contribution in [0.4, 0.5) is 13.2 Å². The number of pyridine rings is 1. The fraction of sp³-hybridized carbons (Fsp3) is 0.286. The van der Waals surface area contributed by atoms with Crippen molar-refractivity contribution in [2.45, 2.75) is 18.3 Å². The lowest BCUT2D eigenvalue weighted by molar-refractivity contribution is -0.276. The molecule has 0 saturated heterocycles. The molecule has 1 heterocycles. The number of aryl methyl sites for hydroxylation is 1. The molecule has 96 valence electrons. The van der Waals surface area contributed by atoms with Gasteiger partial charge in [0, 0.05) is 16.4 Å². The van der Waals surface area contributed by atoms with Crippen LogP contribution in [0.25, 0.3) is 0 Å². The van der Waals surface area contributed by atoms with E-state index >= 15 is 0 Å². The molecule has 0 radical (unpaired) electrons. The number of aromatic nitrogens is 1. The van der Waals surface area contributed by atoms with Gasteiger partial charge in [0.15, 0.2) is 5.75 Å². The normalized spacial score (nSPS) is 12.6. The van der Waals surface area contributed by atoms with Gasteiger partial charge in [-0.15, -0.1) is 13.2 Å². The van der Waals surface area contributed by atoms with E-state index in [-0.39, 0.29) is 10.2 Å². The van der Waals surface area contributed by atoms with Crippen molar-refractivity contribution in [3.63, 3.8) is 0 Å². The third-order valence-electron chi connectivity index (χ3n) is 1.47. The molecule has 0 saturated carbocycles. The third kappa shape index (κ3) is 4.00. The van der Waals surface area contributed by atoms with Crippen molar-refractivity contribution in [2.75, 3.05) is 0 Å².